The van der Waals surface area contributed by atoms with Crippen LogP contribution in [0.3, 0.4) is 0 Å². The Morgan fingerprint density at radius 3 is 2.46 bits per heavy atom. The molecule has 0 spiro atoms. The molecule has 4 heterocycles. The lowest BCUT2D eigenvalue weighted by atomic mass is 9.92. The number of hydrogen-bond acceptors (Lipinski definition) is 6. The summed E-state index contributed by atoms with van der Waals surface area (Å²) in [6.07, 6.45) is 2.25. The molecule has 0 atom stereocenters. The lowest BCUT2D eigenvalue weighted by Gasteiger charge is -2.34. The monoisotopic (exact) mass is 385 g/mol. The zero-order valence-corrected chi connectivity index (χ0v) is 17.3. The molecule has 152 valence electrons. The second-order valence-electron chi connectivity index (χ2n) is 8.94. The van der Waals surface area contributed by atoms with E-state index in [1.165, 1.54) is 6.42 Å². The Morgan fingerprint density at radius 1 is 0.964 bits per heavy atom. The van der Waals surface area contributed by atoms with Gasteiger partial charge in [0.2, 0.25) is 0 Å². The van der Waals surface area contributed by atoms with Crippen LogP contribution in [-0.2, 0) is 31.5 Å². The van der Waals surface area contributed by atoms with E-state index in [0.717, 1.165) is 69.6 Å². The first-order valence-corrected chi connectivity index (χ1v) is 10.3. The van der Waals surface area contributed by atoms with Gasteiger partial charge in [0.25, 0.3) is 5.56 Å². The van der Waals surface area contributed by atoms with E-state index in [9.17, 15) is 4.79 Å². The zero-order chi connectivity index (χ0) is 19.7. The fourth-order valence-corrected chi connectivity index (χ4v) is 3.94. The van der Waals surface area contributed by atoms with Crippen LogP contribution in [0.5, 0.6) is 0 Å². The highest BCUT2D eigenvalue weighted by Gasteiger charge is 2.22. The predicted molar refractivity (Wildman–Crippen MR) is 107 cm³/mol. The van der Waals surface area contributed by atoms with Gasteiger partial charge in [-0.15, -0.1) is 10.2 Å². The molecule has 8 nitrogen and oxygen atoms in total. The van der Waals surface area contributed by atoms with Crippen molar-refractivity contribution >= 4 is 0 Å². The van der Waals surface area contributed by atoms with Gasteiger partial charge in [0, 0.05) is 57.2 Å². The first kappa shape index (κ1) is 19.3. The molecule has 28 heavy (non-hydrogen) atoms. The van der Waals surface area contributed by atoms with Gasteiger partial charge in [0.05, 0.1) is 18.8 Å². The summed E-state index contributed by atoms with van der Waals surface area (Å²) in [5.41, 5.74) is 0.883. The van der Waals surface area contributed by atoms with Crippen molar-refractivity contribution in [3.8, 4) is 0 Å². The van der Waals surface area contributed by atoms with Crippen molar-refractivity contribution in [2.24, 2.45) is 0 Å². The minimum Gasteiger partial charge on any atom is -0.314 e. The summed E-state index contributed by atoms with van der Waals surface area (Å²) < 4.78 is 3.90. The summed E-state index contributed by atoms with van der Waals surface area (Å²) in [6.45, 7) is 13.9. The Hall–Kier alpha value is -2.06. The molecule has 0 aliphatic carbocycles. The first-order chi connectivity index (χ1) is 13.4. The zero-order valence-electron chi connectivity index (χ0n) is 17.3. The molecule has 0 N–H and O–H groups in total. The van der Waals surface area contributed by atoms with Crippen molar-refractivity contribution < 1.29 is 0 Å². The Kier molecular flexibility index (Phi) is 5.33. The summed E-state index contributed by atoms with van der Waals surface area (Å²) in [5, 5.41) is 13.3. The topological polar surface area (TPSA) is 72.1 Å². The van der Waals surface area contributed by atoms with Crippen LogP contribution in [0.2, 0.25) is 0 Å². The van der Waals surface area contributed by atoms with Gasteiger partial charge < -0.3 is 4.57 Å². The van der Waals surface area contributed by atoms with Gasteiger partial charge in [-0.25, -0.2) is 4.68 Å². The van der Waals surface area contributed by atoms with E-state index in [1.807, 2.05) is 6.07 Å². The third-order valence-electron chi connectivity index (χ3n) is 5.78. The number of aryl methyl sites for hydroxylation is 1. The molecule has 2 aromatic heterocycles. The second-order valence-corrected chi connectivity index (χ2v) is 8.94. The van der Waals surface area contributed by atoms with Crippen LogP contribution in [0.4, 0.5) is 0 Å². The summed E-state index contributed by atoms with van der Waals surface area (Å²) in [5.74, 6) is 2.25. The van der Waals surface area contributed by atoms with Gasteiger partial charge in [0.1, 0.15) is 11.6 Å². The third kappa shape index (κ3) is 4.17. The number of rotatable bonds is 5. The molecule has 1 saturated heterocycles. The number of fused-ring (bicyclic) bond motifs is 1. The van der Waals surface area contributed by atoms with Crippen LogP contribution in [-0.4, -0.2) is 67.1 Å². The van der Waals surface area contributed by atoms with Gasteiger partial charge in [-0.1, -0.05) is 20.8 Å². The maximum Gasteiger partial charge on any atom is 0.266 e. The normalized spacial score (nSPS) is 18.5. The first-order valence-electron chi connectivity index (χ1n) is 10.3. The van der Waals surface area contributed by atoms with E-state index in [4.69, 9.17) is 0 Å². The molecule has 0 radical (unpaired) electrons. The molecule has 0 amide bonds. The van der Waals surface area contributed by atoms with E-state index in [-0.39, 0.29) is 11.0 Å². The molecule has 2 aliphatic rings. The fraction of sp³-hybridized carbons (Fsp3) is 0.700. The summed E-state index contributed by atoms with van der Waals surface area (Å²) in [6, 6.07) is 3.49. The molecule has 1 fully saturated rings. The molecule has 0 bridgehead atoms. The molecule has 2 aliphatic heterocycles. The highest BCUT2D eigenvalue weighted by atomic mass is 16.1. The molecule has 2 aromatic rings. The molecule has 8 heteroatoms. The molecule has 0 saturated carbocycles. The summed E-state index contributed by atoms with van der Waals surface area (Å²) in [4.78, 5) is 17.0. The Labute approximate surface area is 166 Å². The molecule has 0 aromatic carbocycles. The second kappa shape index (κ2) is 7.75. The van der Waals surface area contributed by atoms with Gasteiger partial charge >= 0.3 is 0 Å². The van der Waals surface area contributed by atoms with Crippen molar-refractivity contribution in [1.29, 1.82) is 0 Å². The lowest BCUT2D eigenvalue weighted by Crippen LogP contribution is -2.47. The van der Waals surface area contributed by atoms with Crippen molar-refractivity contribution in [1.82, 2.24) is 34.3 Å². The Balaban J connectivity index is 1.28. The molecular formula is C20H31N7O. The lowest BCUT2D eigenvalue weighted by molar-refractivity contribution is 0.119. The van der Waals surface area contributed by atoms with Crippen molar-refractivity contribution in [2.45, 2.75) is 58.7 Å². The van der Waals surface area contributed by atoms with Crippen LogP contribution in [0, 0.1) is 0 Å². The number of piperazine rings is 1. The van der Waals surface area contributed by atoms with E-state index in [2.05, 4.69) is 50.4 Å². The Bertz CT molecular complexity index is 871. The van der Waals surface area contributed by atoms with Gasteiger partial charge in [0.15, 0.2) is 0 Å². The van der Waals surface area contributed by atoms with E-state index in [1.54, 1.807) is 10.7 Å². The third-order valence-corrected chi connectivity index (χ3v) is 5.78. The van der Waals surface area contributed by atoms with E-state index < -0.39 is 0 Å². The summed E-state index contributed by atoms with van der Waals surface area (Å²) in [7, 11) is 0. The smallest absolute Gasteiger partial charge is 0.266 e. The molecule has 0 unspecified atom stereocenters. The standard InChI is InChI=1S/C20H31N7O/c1-20(2,3)16-6-7-19(28)27(23-16)14-13-24-9-11-25(12-10-24)15-18-22-21-17-5-4-8-26(17)18/h6-7H,4-5,8-15H2,1-3H3. The summed E-state index contributed by atoms with van der Waals surface area (Å²) >= 11 is 0. The molecular weight excluding hydrogens is 354 g/mol. The average molecular weight is 386 g/mol. The Morgan fingerprint density at radius 2 is 1.71 bits per heavy atom. The quantitative estimate of drug-likeness (QED) is 0.761. The minimum atomic E-state index is -0.0526. The number of nitrogens with zero attached hydrogens (tertiary/aromatic N) is 7. The van der Waals surface area contributed by atoms with Gasteiger partial charge in [-0.05, 0) is 12.5 Å². The van der Waals surface area contributed by atoms with Gasteiger partial charge in [-0.3, -0.25) is 14.6 Å². The van der Waals surface area contributed by atoms with Crippen molar-refractivity contribution in [3.05, 3.63) is 39.8 Å². The maximum absolute atomic E-state index is 12.2. The van der Waals surface area contributed by atoms with Crippen molar-refractivity contribution in [3.63, 3.8) is 0 Å². The van der Waals surface area contributed by atoms with Crippen LogP contribution >= 0.6 is 0 Å². The highest BCUT2D eigenvalue weighted by Crippen LogP contribution is 2.18. The van der Waals surface area contributed by atoms with Crippen LogP contribution < -0.4 is 5.56 Å². The van der Waals surface area contributed by atoms with Gasteiger partial charge in [-0.2, -0.15) is 5.10 Å². The number of aromatic nitrogens is 5. The van der Waals surface area contributed by atoms with E-state index >= 15 is 0 Å². The number of hydrogen-bond donors (Lipinski definition) is 0. The fourth-order valence-electron chi connectivity index (χ4n) is 3.94. The SMILES string of the molecule is CC(C)(C)c1ccc(=O)n(CCN2CCN(Cc3nnc4n3CCC4)CC2)n1. The van der Waals surface area contributed by atoms with Crippen molar-refractivity contribution in [2.75, 3.05) is 32.7 Å². The van der Waals surface area contributed by atoms with Crippen LogP contribution in [0.1, 0.15) is 44.5 Å². The van der Waals surface area contributed by atoms with E-state index in [0.29, 0.717) is 6.54 Å². The maximum atomic E-state index is 12.2. The predicted octanol–water partition coefficient (Wildman–Crippen LogP) is 0.896. The van der Waals surface area contributed by atoms with Crippen LogP contribution in [0.15, 0.2) is 16.9 Å². The minimum absolute atomic E-state index is 0.0210. The average Bonchev–Trinajstić information content (AvgIpc) is 3.26. The molecule has 4 rings (SSSR count). The largest absolute Gasteiger partial charge is 0.314 e. The van der Waals surface area contributed by atoms with Crippen LogP contribution in [0.25, 0.3) is 0 Å². The highest BCUT2D eigenvalue weighted by molar-refractivity contribution is 5.10.